The molecule has 0 heterocycles. The number of ether oxygens (including phenoxy) is 1. The molecule has 0 aliphatic heterocycles. The molecule has 3 radical (unpaired) electrons. The van der Waals surface area contributed by atoms with Gasteiger partial charge in [-0.15, -0.1) is 0 Å². The van der Waals surface area contributed by atoms with Crippen LogP contribution < -0.4 is 0 Å². The van der Waals surface area contributed by atoms with Crippen LogP contribution in [0.4, 0.5) is 0 Å². The van der Waals surface area contributed by atoms with Crippen LogP contribution in [0.3, 0.4) is 0 Å². The topological polar surface area (TPSA) is 46.5 Å². The molecular weight excluding hydrogens is 183 g/mol. The Labute approximate surface area is 87.5 Å². The molecule has 0 bridgehead atoms. The lowest BCUT2D eigenvalue weighted by Crippen LogP contribution is -2.01. The quantitative estimate of drug-likeness (QED) is 0.536. The van der Waals surface area contributed by atoms with Gasteiger partial charge in [-0.3, -0.25) is 0 Å². The van der Waals surface area contributed by atoms with Crippen LogP contribution in [0.15, 0.2) is 18.2 Å². The third kappa shape index (κ3) is 2.76. The van der Waals surface area contributed by atoms with Gasteiger partial charge in [0, 0.05) is 17.4 Å². The maximum absolute atomic E-state index is 11.0. The zero-order valence-electron chi connectivity index (χ0n) is 7.57. The average molecular weight is 193 g/mol. The number of phenolic OH excluding ortho intramolecular Hbond substituents is 1. The second-order valence-electron chi connectivity index (χ2n) is 2.51. The molecular formula is C9H10AlO3. The van der Waals surface area contributed by atoms with E-state index < -0.39 is 5.97 Å². The Bertz CT molecular complexity index is 310. The van der Waals surface area contributed by atoms with E-state index in [-0.39, 0.29) is 28.7 Å². The van der Waals surface area contributed by atoms with Crippen molar-refractivity contribution in [3.63, 3.8) is 0 Å². The van der Waals surface area contributed by atoms with Crippen LogP contribution in [0.2, 0.25) is 0 Å². The Balaban J connectivity index is 0.00000144. The van der Waals surface area contributed by atoms with E-state index >= 15 is 0 Å². The molecule has 1 rings (SSSR count). The minimum atomic E-state index is -0.517. The van der Waals surface area contributed by atoms with Gasteiger partial charge in [0.25, 0.3) is 0 Å². The number of carbonyl (C=O) groups is 1. The van der Waals surface area contributed by atoms with E-state index in [1.165, 1.54) is 13.2 Å². The summed E-state index contributed by atoms with van der Waals surface area (Å²) in [7, 11) is 1.28. The Morgan fingerprint density at radius 3 is 2.62 bits per heavy atom. The van der Waals surface area contributed by atoms with Gasteiger partial charge in [0.15, 0.2) is 0 Å². The number of methoxy groups -OCH3 is 1. The number of hydrogen-bond donors (Lipinski definition) is 1. The number of carbonyl (C=O) groups excluding carboxylic acids is 1. The van der Waals surface area contributed by atoms with Gasteiger partial charge in [-0.2, -0.15) is 0 Å². The first-order valence-electron chi connectivity index (χ1n) is 3.53. The average Bonchev–Trinajstić information content (AvgIpc) is 2.08. The minimum absolute atomic E-state index is 0. The van der Waals surface area contributed by atoms with Gasteiger partial charge in [0.2, 0.25) is 0 Å². The van der Waals surface area contributed by atoms with Gasteiger partial charge in [-0.25, -0.2) is 4.79 Å². The third-order valence-corrected chi connectivity index (χ3v) is 1.56. The lowest BCUT2D eigenvalue weighted by atomic mass is 10.1. The summed E-state index contributed by atoms with van der Waals surface area (Å²) in [6, 6.07) is 4.78. The normalized spacial score (nSPS) is 8.77. The maximum Gasteiger partial charge on any atom is 0.341 e. The van der Waals surface area contributed by atoms with Gasteiger partial charge in [0.1, 0.15) is 11.3 Å². The van der Waals surface area contributed by atoms with E-state index in [1.54, 1.807) is 12.1 Å². The van der Waals surface area contributed by atoms with Crippen molar-refractivity contribution < 1.29 is 14.6 Å². The van der Waals surface area contributed by atoms with Crippen molar-refractivity contribution in [2.45, 2.75) is 6.92 Å². The molecule has 0 fully saturated rings. The number of esters is 1. The van der Waals surface area contributed by atoms with Crippen LogP contribution in [0.1, 0.15) is 15.9 Å². The van der Waals surface area contributed by atoms with Crippen molar-refractivity contribution in [1.29, 1.82) is 0 Å². The van der Waals surface area contributed by atoms with Crippen LogP contribution in [0.5, 0.6) is 5.75 Å². The molecule has 67 valence electrons. The van der Waals surface area contributed by atoms with E-state index in [9.17, 15) is 9.90 Å². The highest BCUT2D eigenvalue weighted by molar-refractivity contribution is 5.92. The van der Waals surface area contributed by atoms with Gasteiger partial charge in [0.05, 0.1) is 7.11 Å². The first-order valence-corrected chi connectivity index (χ1v) is 3.53. The zero-order valence-corrected chi connectivity index (χ0v) is 8.73. The molecule has 0 atom stereocenters. The second kappa shape index (κ2) is 4.91. The molecule has 4 heteroatoms. The fourth-order valence-corrected chi connectivity index (χ4v) is 0.923. The van der Waals surface area contributed by atoms with Gasteiger partial charge < -0.3 is 9.84 Å². The molecule has 3 nitrogen and oxygen atoms in total. The summed E-state index contributed by atoms with van der Waals surface area (Å²) in [5, 5.41) is 9.24. The molecule has 0 aliphatic rings. The highest BCUT2D eigenvalue weighted by atomic mass is 27.0. The number of phenols is 1. The highest BCUT2D eigenvalue weighted by Crippen LogP contribution is 2.18. The Morgan fingerprint density at radius 1 is 1.46 bits per heavy atom. The number of rotatable bonds is 1. The van der Waals surface area contributed by atoms with Gasteiger partial charge in [-0.1, -0.05) is 11.6 Å². The van der Waals surface area contributed by atoms with Crippen molar-refractivity contribution in [2.75, 3.05) is 7.11 Å². The predicted molar refractivity (Wildman–Crippen MR) is 49.9 cm³/mol. The van der Waals surface area contributed by atoms with Crippen molar-refractivity contribution in [3.8, 4) is 5.75 Å². The van der Waals surface area contributed by atoms with Crippen molar-refractivity contribution in [1.82, 2.24) is 0 Å². The van der Waals surface area contributed by atoms with Crippen molar-refractivity contribution in [2.24, 2.45) is 0 Å². The Morgan fingerprint density at radius 2 is 2.08 bits per heavy atom. The fourth-order valence-electron chi connectivity index (χ4n) is 0.923. The zero-order chi connectivity index (χ0) is 9.14. The first-order chi connectivity index (χ1) is 5.65. The molecule has 13 heavy (non-hydrogen) atoms. The number of hydrogen-bond acceptors (Lipinski definition) is 3. The van der Waals surface area contributed by atoms with Crippen LogP contribution in [0.25, 0.3) is 0 Å². The molecule has 0 saturated heterocycles. The molecule has 0 saturated carbocycles. The second-order valence-corrected chi connectivity index (χ2v) is 2.51. The van der Waals surface area contributed by atoms with Crippen LogP contribution >= 0.6 is 0 Å². The summed E-state index contributed by atoms with van der Waals surface area (Å²) < 4.78 is 4.47. The Kier molecular flexibility index (Phi) is 4.54. The Hall–Kier alpha value is -0.978. The summed E-state index contributed by atoms with van der Waals surface area (Å²) in [5.41, 5.74) is 1.12. The first kappa shape index (κ1) is 12.0. The smallest absolute Gasteiger partial charge is 0.341 e. The van der Waals surface area contributed by atoms with Crippen LogP contribution in [-0.2, 0) is 4.74 Å². The molecule has 1 aromatic carbocycles. The fraction of sp³-hybridized carbons (Fsp3) is 0.222. The number of benzene rings is 1. The van der Waals surface area contributed by atoms with Crippen molar-refractivity contribution in [3.05, 3.63) is 29.3 Å². The van der Waals surface area contributed by atoms with Gasteiger partial charge >= 0.3 is 5.97 Å². The molecule has 1 aromatic rings. The lowest BCUT2D eigenvalue weighted by Gasteiger charge is -2.02. The summed E-state index contributed by atoms with van der Waals surface area (Å²) >= 11 is 0. The number of aromatic hydroxyl groups is 1. The third-order valence-electron chi connectivity index (χ3n) is 1.56. The molecule has 0 spiro atoms. The van der Waals surface area contributed by atoms with Crippen molar-refractivity contribution >= 4 is 23.3 Å². The molecule has 0 amide bonds. The highest BCUT2D eigenvalue weighted by Gasteiger charge is 2.10. The van der Waals surface area contributed by atoms with E-state index in [0.29, 0.717) is 0 Å². The van der Waals surface area contributed by atoms with Crippen LogP contribution in [-0.4, -0.2) is 35.5 Å². The van der Waals surface area contributed by atoms with E-state index in [2.05, 4.69) is 4.74 Å². The summed E-state index contributed by atoms with van der Waals surface area (Å²) in [6.07, 6.45) is 0. The van der Waals surface area contributed by atoms with Crippen LogP contribution in [0, 0.1) is 6.92 Å². The maximum atomic E-state index is 11.0. The van der Waals surface area contributed by atoms with E-state index in [1.807, 2.05) is 6.92 Å². The van der Waals surface area contributed by atoms with Gasteiger partial charge in [-0.05, 0) is 19.1 Å². The SMILES string of the molecule is COC(=O)c1cc(C)ccc1O.[Al]. The molecule has 1 N–H and O–H groups in total. The lowest BCUT2D eigenvalue weighted by molar-refractivity contribution is 0.0597. The molecule has 0 unspecified atom stereocenters. The van der Waals surface area contributed by atoms with E-state index in [0.717, 1.165) is 5.56 Å². The largest absolute Gasteiger partial charge is 0.507 e. The monoisotopic (exact) mass is 193 g/mol. The summed E-state index contributed by atoms with van der Waals surface area (Å²) in [6.45, 7) is 1.84. The number of aryl methyl sites for hydroxylation is 1. The minimum Gasteiger partial charge on any atom is -0.507 e. The summed E-state index contributed by atoms with van der Waals surface area (Å²) in [4.78, 5) is 11.0. The predicted octanol–water partition coefficient (Wildman–Crippen LogP) is 1.11. The molecule has 0 aliphatic carbocycles. The molecule has 0 aromatic heterocycles. The summed E-state index contributed by atoms with van der Waals surface area (Å²) in [5.74, 6) is -0.566. The van der Waals surface area contributed by atoms with E-state index in [4.69, 9.17) is 0 Å². The standard InChI is InChI=1S/C9H10O3.Al/c1-6-3-4-8(10)7(5-6)9(11)12-2;/h3-5,10H,1-2H3;.